The monoisotopic (exact) mass is 595 g/mol. The van der Waals surface area contributed by atoms with E-state index in [1.54, 1.807) is 6.92 Å². The van der Waals surface area contributed by atoms with Crippen LogP contribution in [0.15, 0.2) is 59.5 Å². The molecular formula is C27H23ClF5N5O3. The van der Waals surface area contributed by atoms with Crippen LogP contribution in [-0.2, 0) is 11.3 Å². The van der Waals surface area contributed by atoms with Gasteiger partial charge in [0.05, 0.1) is 22.8 Å². The number of hydrogen-bond acceptors (Lipinski definition) is 5. The lowest BCUT2D eigenvalue weighted by atomic mass is 10.0. The van der Waals surface area contributed by atoms with Crippen LogP contribution in [0.3, 0.4) is 0 Å². The van der Waals surface area contributed by atoms with Gasteiger partial charge in [0.1, 0.15) is 24.0 Å². The van der Waals surface area contributed by atoms with Crippen molar-refractivity contribution in [2.24, 2.45) is 0 Å². The molecule has 0 radical (unpaired) electrons. The molecule has 4 aromatic rings. The minimum absolute atomic E-state index is 0.0516. The van der Waals surface area contributed by atoms with Gasteiger partial charge in [0.15, 0.2) is 0 Å². The molecule has 2 aromatic heterocycles. The van der Waals surface area contributed by atoms with Gasteiger partial charge in [-0.25, -0.2) is 18.6 Å². The van der Waals surface area contributed by atoms with E-state index in [0.717, 1.165) is 24.3 Å². The number of fused-ring (bicyclic) bond motifs is 1. The van der Waals surface area contributed by atoms with Gasteiger partial charge in [0, 0.05) is 47.6 Å². The third-order valence-corrected chi connectivity index (χ3v) is 6.12. The standard InChI is InChI=1S/C27H23ClF5N5O3/c1-14(12-41-2)35-24-10-23-15(11-34-24)6-19(25(39)38(23)13-27(31,32)33)18-8-22(21(30)9-20(18)28)37-26(40)36-17-5-3-4-16(29)7-17/h3-11,14H,12-13H2,1-2H3,(H,34,35)(H2,36,37,40). The van der Waals surface area contributed by atoms with Crippen molar-refractivity contribution in [1.82, 2.24) is 9.55 Å². The van der Waals surface area contributed by atoms with Crippen molar-refractivity contribution in [3.63, 3.8) is 0 Å². The zero-order valence-corrected chi connectivity index (χ0v) is 22.3. The Morgan fingerprint density at radius 2 is 1.85 bits per heavy atom. The fraction of sp³-hybridized carbons (Fsp3) is 0.222. The molecule has 0 fully saturated rings. The summed E-state index contributed by atoms with van der Waals surface area (Å²) >= 11 is 6.22. The van der Waals surface area contributed by atoms with Gasteiger partial charge in [0.25, 0.3) is 5.56 Å². The molecule has 0 aliphatic carbocycles. The maximum absolute atomic E-state index is 14.7. The molecule has 1 atom stereocenters. The number of hydrogen-bond donors (Lipinski definition) is 3. The van der Waals surface area contributed by atoms with Crippen LogP contribution in [0, 0.1) is 11.6 Å². The van der Waals surface area contributed by atoms with Crippen LogP contribution in [0.1, 0.15) is 6.92 Å². The molecule has 4 rings (SSSR count). The van der Waals surface area contributed by atoms with Gasteiger partial charge in [-0.1, -0.05) is 17.7 Å². The summed E-state index contributed by atoms with van der Waals surface area (Å²) in [5.41, 5.74) is -1.86. The minimum Gasteiger partial charge on any atom is -0.383 e. The molecule has 8 nitrogen and oxygen atoms in total. The normalized spacial score (nSPS) is 12.3. The maximum atomic E-state index is 14.7. The van der Waals surface area contributed by atoms with Crippen LogP contribution in [0.4, 0.5) is 43.9 Å². The van der Waals surface area contributed by atoms with E-state index in [-0.39, 0.29) is 44.6 Å². The van der Waals surface area contributed by atoms with E-state index in [1.165, 1.54) is 37.6 Å². The van der Waals surface area contributed by atoms with Crippen LogP contribution in [-0.4, -0.2) is 41.5 Å². The lowest BCUT2D eigenvalue weighted by molar-refractivity contribution is -0.140. The first-order valence-corrected chi connectivity index (χ1v) is 12.4. The van der Waals surface area contributed by atoms with Crippen molar-refractivity contribution in [1.29, 1.82) is 0 Å². The Labute approximate surface area is 235 Å². The summed E-state index contributed by atoms with van der Waals surface area (Å²) in [6.45, 7) is 0.461. The quantitative estimate of drug-likeness (QED) is 0.198. The third-order valence-electron chi connectivity index (χ3n) is 5.80. The van der Waals surface area contributed by atoms with E-state index in [1.807, 2.05) is 0 Å². The molecule has 0 aliphatic heterocycles. The van der Waals surface area contributed by atoms with Crippen molar-refractivity contribution in [3.8, 4) is 11.1 Å². The summed E-state index contributed by atoms with van der Waals surface area (Å²) in [5.74, 6) is -1.37. The molecular weight excluding hydrogens is 573 g/mol. The molecule has 0 spiro atoms. The number of alkyl halides is 3. The first kappa shape index (κ1) is 29.7. The first-order valence-electron chi connectivity index (χ1n) is 12.0. The predicted molar refractivity (Wildman–Crippen MR) is 146 cm³/mol. The topological polar surface area (TPSA) is 97.3 Å². The zero-order chi connectivity index (χ0) is 29.9. The molecule has 0 aliphatic rings. The summed E-state index contributed by atoms with van der Waals surface area (Å²) in [5, 5.41) is 7.44. The molecule has 41 heavy (non-hydrogen) atoms. The lowest BCUT2D eigenvalue weighted by Crippen LogP contribution is -2.29. The zero-order valence-electron chi connectivity index (χ0n) is 21.6. The number of methoxy groups -OCH3 is 1. The van der Waals surface area contributed by atoms with Gasteiger partial charge in [-0.2, -0.15) is 13.2 Å². The van der Waals surface area contributed by atoms with Crippen LogP contribution in [0.2, 0.25) is 5.02 Å². The van der Waals surface area contributed by atoms with Crippen molar-refractivity contribution in [2.45, 2.75) is 25.7 Å². The number of carbonyl (C=O) groups is 1. The van der Waals surface area contributed by atoms with E-state index in [2.05, 4.69) is 20.9 Å². The molecule has 2 amide bonds. The fourth-order valence-electron chi connectivity index (χ4n) is 4.13. The minimum atomic E-state index is -4.76. The van der Waals surface area contributed by atoms with Crippen molar-refractivity contribution >= 4 is 45.7 Å². The summed E-state index contributed by atoms with van der Waals surface area (Å²) < 4.78 is 74.5. The highest BCUT2D eigenvalue weighted by Crippen LogP contribution is 2.33. The van der Waals surface area contributed by atoms with Gasteiger partial charge in [-0.3, -0.25) is 9.36 Å². The van der Waals surface area contributed by atoms with E-state index < -0.39 is 41.6 Å². The molecule has 216 valence electrons. The number of benzene rings is 2. The van der Waals surface area contributed by atoms with Gasteiger partial charge in [-0.15, -0.1) is 0 Å². The van der Waals surface area contributed by atoms with Gasteiger partial charge in [0.2, 0.25) is 0 Å². The summed E-state index contributed by atoms with van der Waals surface area (Å²) in [7, 11) is 1.49. The fourth-order valence-corrected chi connectivity index (χ4v) is 4.38. The SMILES string of the molecule is COCC(C)Nc1cc2c(cn1)cc(-c1cc(NC(=O)Nc3cccc(F)c3)c(F)cc1Cl)c(=O)n2CC(F)(F)F. The van der Waals surface area contributed by atoms with E-state index in [4.69, 9.17) is 16.3 Å². The van der Waals surface area contributed by atoms with Crippen molar-refractivity contribution in [2.75, 3.05) is 29.7 Å². The average molecular weight is 596 g/mol. The second kappa shape index (κ2) is 12.1. The maximum Gasteiger partial charge on any atom is 0.406 e. The number of nitrogens with one attached hydrogen (secondary N) is 3. The van der Waals surface area contributed by atoms with E-state index in [9.17, 15) is 31.5 Å². The van der Waals surface area contributed by atoms with Crippen LogP contribution < -0.4 is 21.5 Å². The van der Waals surface area contributed by atoms with E-state index in [0.29, 0.717) is 11.2 Å². The number of carbonyl (C=O) groups excluding carboxylic acids is 1. The average Bonchev–Trinajstić information content (AvgIpc) is 2.87. The lowest BCUT2D eigenvalue weighted by Gasteiger charge is -2.18. The highest BCUT2D eigenvalue weighted by molar-refractivity contribution is 6.33. The predicted octanol–water partition coefficient (Wildman–Crippen LogP) is 6.65. The van der Waals surface area contributed by atoms with Gasteiger partial charge in [-0.05, 0) is 43.3 Å². The van der Waals surface area contributed by atoms with E-state index >= 15 is 0 Å². The number of nitrogens with zero attached hydrogens (tertiary/aromatic N) is 2. The highest BCUT2D eigenvalue weighted by atomic mass is 35.5. The molecule has 2 aromatic carbocycles. The molecule has 3 N–H and O–H groups in total. The number of anilines is 3. The van der Waals surface area contributed by atoms with Crippen LogP contribution >= 0.6 is 11.6 Å². The number of rotatable bonds is 8. The summed E-state index contributed by atoms with van der Waals surface area (Å²) in [4.78, 5) is 30.1. The number of urea groups is 1. The second-order valence-electron chi connectivity index (χ2n) is 9.09. The summed E-state index contributed by atoms with van der Waals surface area (Å²) in [6, 6.07) is 8.23. The van der Waals surface area contributed by atoms with Crippen LogP contribution in [0.25, 0.3) is 22.0 Å². The Bertz CT molecular complexity index is 1660. The third kappa shape index (κ3) is 7.30. The molecule has 0 bridgehead atoms. The Morgan fingerprint density at radius 1 is 1.10 bits per heavy atom. The Balaban J connectivity index is 1.77. The number of pyridine rings is 2. The molecule has 0 saturated carbocycles. The largest absolute Gasteiger partial charge is 0.406 e. The Morgan fingerprint density at radius 3 is 2.54 bits per heavy atom. The number of aromatic nitrogens is 2. The van der Waals surface area contributed by atoms with Crippen molar-refractivity contribution < 1.29 is 31.5 Å². The summed E-state index contributed by atoms with van der Waals surface area (Å²) in [6.07, 6.45) is -3.47. The molecule has 0 saturated heterocycles. The van der Waals surface area contributed by atoms with Crippen LogP contribution in [0.5, 0.6) is 0 Å². The molecule has 14 heteroatoms. The second-order valence-corrected chi connectivity index (χ2v) is 9.50. The molecule has 1 unspecified atom stereocenters. The van der Waals surface area contributed by atoms with Gasteiger partial charge >= 0.3 is 12.2 Å². The smallest absolute Gasteiger partial charge is 0.383 e. The number of ether oxygens (including phenoxy) is 1. The number of halogens is 6. The first-order chi connectivity index (χ1) is 19.3. The molecule has 2 heterocycles. The van der Waals surface area contributed by atoms with Gasteiger partial charge < -0.3 is 20.7 Å². The van der Waals surface area contributed by atoms with Crippen molar-refractivity contribution in [3.05, 3.63) is 81.7 Å². The number of amides is 2. The highest BCUT2D eigenvalue weighted by Gasteiger charge is 2.30. The Kier molecular flexibility index (Phi) is 8.78. The Hall–Kier alpha value is -4.23.